The molecule has 3 aromatic rings. The topological polar surface area (TPSA) is 88.7 Å². The van der Waals surface area contributed by atoms with Crippen LogP contribution in [0.25, 0.3) is 0 Å². The van der Waals surface area contributed by atoms with E-state index in [4.69, 9.17) is 9.47 Å². The summed E-state index contributed by atoms with van der Waals surface area (Å²) in [6.45, 7) is 6.63. The van der Waals surface area contributed by atoms with Crippen molar-refractivity contribution in [2.45, 2.75) is 26.3 Å². The summed E-state index contributed by atoms with van der Waals surface area (Å²) in [5, 5.41) is 8.83. The van der Waals surface area contributed by atoms with Crippen LogP contribution in [0.5, 0.6) is 11.5 Å². The van der Waals surface area contributed by atoms with Crippen LogP contribution in [0.4, 0.5) is 11.4 Å². The highest BCUT2D eigenvalue weighted by molar-refractivity contribution is 5.96. The quantitative estimate of drug-likeness (QED) is 0.380. The molecule has 0 aromatic heterocycles. The number of hydrogen-bond acceptors (Lipinski definition) is 5. The van der Waals surface area contributed by atoms with Crippen LogP contribution in [-0.4, -0.2) is 37.1 Å². The van der Waals surface area contributed by atoms with E-state index in [1.807, 2.05) is 69.3 Å². The van der Waals surface area contributed by atoms with Crippen molar-refractivity contribution in [3.8, 4) is 11.5 Å². The Morgan fingerprint density at radius 2 is 1.41 bits per heavy atom. The van der Waals surface area contributed by atoms with Gasteiger partial charge in [0, 0.05) is 28.5 Å². The van der Waals surface area contributed by atoms with E-state index in [0.717, 1.165) is 5.75 Å². The molecular formula is C27H31N3O4. The summed E-state index contributed by atoms with van der Waals surface area (Å²) in [6.07, 6.45) is 0. The normalized spacial score (nSPS) is 10.8. The van der Waals surface area contributed by atoms with Crippen LogP contribution < -0.4 is 25.4 Å². The zero-order chi connectivity index (χ0) is 24.4. The molecule has 34 heavy (non-hydrogen) atoms. The Bertz CT molecular complexity index is 1090. The first-order valence-corrected chi connectivity index (χ1v) is 11.2. The van der Waals surface area contributed by atoms with E-state index in [9.17, 15) is 9.59 Å². The minimum absolute atomic E-state index is 0.0559. The molecule has 0 unspecified atom stereocenters. The molecule has 3 N–H and O–H groups in total. The number of amides is 2. The number of carbonyl (C=O) groups excluding carboxylic acids is 2. The van der Waals surface area contributed by atoms with Crippen LogP contribution in [0.1, 0.15) is 31.1 Å². The van der Waals surface area contributed by atoms with Crippen molar-refractivity contribution < 1.29 is 19.1 Å². The van der Waals surface area contributed by atoms with Gasteiger partial charge in [-0.1, -0.05) is 30.3 Å². The molecular weight excluding hydrogens is 430 g/mol. The van der Waals surface area contributed by atoms with E-state index in [2.05, 4.69) is 16.0 Å². The highest BCUT2D eigenvalue weighted by atomic mass is 16.5. The van der Waals surface area contributed by atoms with E-state index in [1.54, 1.807) is 30.3 Å². The summed E-state index contributed by atoms with van der Waals surface area (Å²) in [7, 11) is 0. The summed E-state index contributed by atoms with van der Waals surface area (Å²) >= 11 is 0. The molecule has 0 spiro atoms. The van der Waals surface area contributed by atoms with Gasteiger partial charge in [0.25, 0.3) is 5.91 Å². The first kappa shape index (κ1) is 24.6. The van der Waals surface area contributed by atoms with E-state index in [-0.39, 0.29) is 23.9 Å². The number of ether oxygens (including phenoxy) is 2. The van der Waals surface area contributed by atoms with E-state index >= 15 is 0 Å². The zero-order valence-electron chi connectivity index (χ0n) is 19.8. The van der Waals surface area contributed by atoms with Crippen LogP contribution in [0.2, 0.25) is 0 Å². The molecule has 7 nitrogen and oxygen atoms in total. The molecule has 0 radical (unpaired) electrons. The molecule has 3 rings (SSSR count). The standard InChI is InChI=1S/C27H31N3O4/c1-27(2,3)30-26(32)20-9-7-10-21(17-20)28-19-25(31)29-22-11-8-14-24(18-22)34-16-15-33-23-12-5-4-6-13-23/h4-14,17-18,28H,15-16,19H2,1-3H3,(H,29,31)(H,30,32). The average molecular weight is 462 g/mol. The second-order valence-corrected chi connectivity index (χ2v) is 8.72. The van der Waals surface area contributed by atoms with Crippen molar-refractivity contribution in [3.63, 3.8) is 0 Å². The molecule has 0 fully saturated rings. The minimum Gasteiger partial charge on any atom is -0.490 e. The average Bonchev–Trinajstić information content (AvgIpc) is 2.81. The fraction of sp³-hybridized carbons (Fsp3) is 0.259. The Kier molecular flexibility index (Phi) is 8.51. The largest absolute Gasteiger partial charge is 0.490 e. The van der Waals surface area contributed by atoms with Crippen molar-refractivity contribution in [1.82, 2.24) is 5.32 Å². The van der Waals surface area contributed by atoms with E-state index in [0.29, 0.717) is 35.9 Å². The lowest BCUT2D eigenvalue weighted by molar-refractivity contribution is -0.114. The third-order valence-corrected chi connectivity index (χ3v) is 4.55. The molecule has 3 aromatic carbocycles. The van der Waals surface area contributed by atoms with Crippen molar-refractivity contribution in [2.24, 2.45) is 0 Å². The van der Waals surface area contributed by atoms with Gasteiger partial charge < -0.3 is 25.4 Å². The third kappa shape index (κ3) is 8.50. The SMILES string of the molecule is CC(C)(C)NC(=O)c1cccc(NCC(=O)Nc2cccc(OCCOc3ccccc3)c2)c1. The highest BCUT2D eigenvalue weighted by Gasteiger charge is 2.15. The number of rotatable bonds is 10. The van der Waals surface area contributed by atoms with Crippen LogP contribution >= 0.6 is 0 Å². The summed E-state index contributed by atoms with van der Waals surface area (Å²) in [4.78, 5) is 24.8. The smallest absolute Gasteiger partial charge is 0.251 e. The van der Waals surface area contributed by atoms with Crippen molar-refractivity contribution in [3.05, 3.63) is 84.4 Å². The number of benzene rings is 3. The van der Waals surface area contributed by atoms with Crippen molar-refractivity contribution >= 4 is 23.2 Å². The Hall–Kier alpha value is -4.00. The van der Waals surface area contributed by atoms with Crippen LogP contribution in [-0.2, 0) is 4.79 Å². The molecule has 0 saturated heterocycles. The lowest BCUT2D eigenvalue weighted by atomic mass is 10.1. The van der Waals surface area contributed by atoms with Gasteiger partial charge >= 0.3 is 0 Å². The molecule has 0 aliphatic carbocycles. The molecule has 0 heterocycles. The molecule has 0 aliphatic rings. The number of nitrogens with one attached hydrogen (secondary N) is 3. The second kappa shape index (κ2) is 11.7. The highest BCUT2D eigenvalue weighted by Crippen LogP contribution is 2.18. The Morgan fingerprint density at radius 1 is 0.765 bits per heavy atom. The molecule has 7 heteroatoms. The van der Waals surface area contributed by atoms with Gasteiger partial charge in [0.1, 0.15) is 24.7 Å². The molecule has 0 bridgehead atoms. The Balaban J connectivity index is 1.45. The Labute approximate surface area is 200 Å². The summed E-state index contributed by atoms with van der Waals surface area (Å²) in [5.74, 6) is 1.06. The van der Waals surface area contributed by atoms with Gasteiger partial charge in [-0.15, -0.1) is 0 Å². The molecule has 0 aliphatic heterocycles. The third-order valence-electron chi connectivity index (χ3n) is 4.55. The number of para-hydroxylation sites is 1. The first-order chi connectivity index (χ1) is 16.3. The van der Waals surface area contributed by atoms with Crippen LogP contribution in [0, 0.1) is 0 Å². The predicted molar refractivity (Wildman–Crippen MR) is 135 cm³/mol. The first-order valence-electron chi connectivity index (χ1n) is 11.2. The van der Waals surface area contributed by atoms with Crippen molar-refractivity contribution in [2.75, 3.05) is 30.4 Å². The van der Waals surface area contributed by atoms with Crippen LogP contribution in [0.15, 0.2) is 78.9 Å². The molecule has 0 saturated carbocycles. The van der Waals surface area contributed by atoms with E-state index in [1.165, 1.54) is 0 Å². The fourth-order valence-electron chi connectivity index (χ4n) is 3.07. The fourth-order valence-corrected chi connectivity index (χ4v) is 3.07. The maximum Gasteiger partial charge on any atom is 0.251 e. The molecule has 2 amide bonds. The van der Waals surface area contributed by atoms with Gasteiger partial charge in [0.15, 0.2) is 0 Å². The van der Waals surface area contributed by atoms with Gasteiger partial charge in [-0.3, -0.25) is 9.59 Å². The zero-order valence-corrected chi connectivity index (χ0v) is 19.8. The second-order valence-electron chi connectivity index (χ2n) is 8.72. The Morgan fingerprint density at radius 3 is 2.15 bits per heavy atom. The maximum atomic E-state index is 12.4. The molecule has 178 valence electrons. The van der Waals surface area contributed by atoms with E-state index < -0.39 is 0 Å². The number of carbonyl (C=O) groups is 2. The van der Waals surface area contributed by atoms with Gasteiger partial charge in [-0.05, 0) is 63.2 Å². The van der Waals surface area contributed by atoms with Gasteiger partial charge in [-0.25, -0.2) is 0 Å². The monoisotopic (exact) mass is 461 g/mol. The predicted octanol–water partition coefficient (Wildman–Crippen LogP) is 4.72. The summed E-state index contributed by atoms with van der Waals surface area (Å²) < 4.78 is 11.3. The minimum atomic E-state index is -0.326. The van der Waals surface area contributed by atoms with Gasteiger partial charge in [0.05, 0.1) is 6.54 Å². The number of anilines is 2. The lowest BCUT2D eigenvalue weighted by Crippen LogP contribution is -2.40. The van der Waals surface area contributed by atoms with Crippen molar-refractivity contribution in [1.29, 1.82) is 0 Å². The maximum absolute atomic E-state index is 12.4. The summed E-state index contributed by atoms with van der Waals surface area (Å²) in [5.41, 5.74) is 1.52. The van der Waals surface area contributed by atoms with Gasteiger partial charge in [-0.2, -0.15) is 0 Å². The lowest BCUT2D eigenvalue weighted by Gasteiger charge is -2.20. The van der Waals surface area contributed by atoms with Crippen LogP contribution in [0.3, 0.4) is 0 Å². The van der Waals surface area contributed by atoms with Gasteiger partial charge in [0.2, 0.25) is 5.91 Å². The molecule has 0 atom stereocenters. The number of hydrogen-bond donors (Lipinski definition) is 3. The summed E-state index contributed by atoms with van der Waals surface area (Å²) in [6, 6.07) is 23.8.